The van der Waals surface area contributed by atoms with Gasteiger partial charge in [0.15, 0.2) is 17.4 Å². The molecule has 192 valence electrons. The molecule has 37 heavy (non-hydrogen) atoms. The fraction of sp³-hybridized carbons (Fsp3) is 0.417. The second kappa shape index (κ2) is 7.93. The van der Waals surface area contributed by atoms with E-state index in [1.54, 1.807) is 24.0 Å². The van der Waals surface area contributed by atoms with Gasteiger partial charge in [0.1, 0.15) is 5.41 Å². The highest BCUT2D eigenvalue weighted by molar-refractivity contribution is 6.22. The Morgan fingerprint density at radius 1 is 1.30 bits per heavy atom. The lowest BCUT2D eigenvalue weighted by atomic mass is 9.63. The van der Waals surface area contributed by atoms with Crippen molar-refractivity contribution in [1.82, 2.24) is 20.3 Å². The molecule has 3 aliphatic rings. The molecule has 3 aromatic rings. The normalized spacial score (nSPS) is 27.3. The summed E-state index contributed by atoms with van der Waals surface area (Å²) < 4.78 is 28.9. The van der Waals surface area contributed by atoms with Crippen molar-refractivity contribution in [2.45, 2.75) is 51.9 Å². The van der Waals surface area contributed by atoms with Crippen molar-refractivity contribution in [2.24, 2.45) is 5.41 Å². The second-order valence-electron chi connectivity index (χ2n) is 9.78. The number of ketones is 1. The van der Waals surface area contributed by atoms with Gasteiger partial charge in [0.05, 0.1) is 35.7 Å². The van der Waals surface area contributed by atoms with Gasteiger partial charge >= 0.3 is 0 Å². The van der Waals surface area contributed by atoms with Crippen molar-refractivity contribution in [2.75, 3.05) is 16.8 Å². The number of aromatic nitrogens is 3. The number of piperidine rings is 1. The molecule has 0 aliphatic carbocycles. The highest BCUT2D eigenvalue weighted by atomic mass is 19.1. The van der Waals surface area contributed by atoms with Crippen LogP contribution in [0.15, 0.2) is 22.9 Å². The average molecular weight is 510 g/mol. The number of nitrogens with one attached hydrogen (secondary N) is 2. The van der Waals surface area contributed by atoms with Crippen LogP contribution in [0.1, 0.15) is 32.8 Å². The molecule has 5 heterocycles. The summed E-state index contributed by atoms with van der Waals surface area (Å²) in [7, 11) is 0. The topological polar surface area (TPSA) is 149 Å². The van der Waals surface area contributed by atoms with E-state index in [-0.39, 0.29) is 53.3 Å². The third-order valence-electron chi connectivity index (χ3n) is 7.27. The van der Waals surface area contributed by atoms with E-state index in [0.29, 0.717) is 5.56 Å². The van der Waals surface area contributed by atoms with Crippen molar-refractivity contribution >= 4 is 46.0 Å². The third kappa shape index (κ3) is 3.30. The molecule has 1 unspecified atom stereocenters. The molecule has 4 atom stereocenters. The van der Waals surface area contributed by atoms with E-state index in [0.717, 1.165) is 0 Å². The molecule has 2 fully saturated rings. The molecule has 13 heteroatoms. The number of anilines is 2. The average Bonchev–Trinajstić information content (AvgIpc) is 3.43. The van der Waals surface area contributed by atoms with Crippen LogP contribution in [-0.2, 0) is 30.3 Å². The summed E-state index contributed by atoms with van der Waals surface area (Å²) in [5, 5.41) is 13.4. The number of nitrogens with zero attached hydrogens (tertiary/aromatic N) is 4. The minimum Gasteiger partial charge on any atom is -0.372 e. The molecule has 1 aromatic carbocycles. The van der Waals surface area contributed by atoms with Gasteiger partial charge in [-0.2, -0.15) is 0 Å². The summed E-state index contributed by atoms with van der Waals surface area (Å²) in [6.07, 6.45) is 0.0469. The molecule has 3 amide bonds. The number of amides is 3. The van der Waals surface area contributed by atoms with E-state index in [1.165, 1.54) is 17.8 Å². The lowest BCUT2D eigenvalue weighted by molar-refractivity contribution is -0.158. The number of imide groups is 1. The zero-order valence-electron chi connectivity index (χ0n) is 20.2. The number of Topliss-reactive ketones (excluding diaryl/α,β-unsaturated/α-hetero) is 1. The Morgan fingerprint density at radius 3 is 2.81 bits per heavy atom. The van der Waals surface area contributed by atoms with Gasteiger partial charge < -0.3 is 19.5 Å². The largest absolute Gasteiger partial charge is 0.372 e. The van der Waals surface area contributed by atoms with Crippen LogP contribution < -0.4 is 15.5 Å². The predicted molar refractivity (Wildman–Crippen MR) is 125 cm³/mol. The molecule has 0 saturated carbocycles. The maximum atomic E-state index is 16.2. The summed E-state index contributed by atoms with van der Waals surface area (Å²) in [4.78, 5) is 51.8. The highest BCUT2D eigenvalue weighted by Gasteiger charge is 2.62. The molecule has 6 rings (SSSR count). The number of carbonyl (C=O) groups excluding carboxylic acids is 4. The predicted octanol–water partition coefficient (Wildman–Crippen LogP) is 1.25. The van der Waals surface area contributed by atoms with E-state index in [2.05, 4.69) is 20.9 Å². The minimum absolute atomic E-state index is 0.110. The molecule has 2 aromatic heterocycles. The Hall–Kier alpha value is -4.13. The zero-order valence-corrected chi connectivity index (χ0v) is 20.2. The van der Waals surface area contributed by atoms with Crippen LogP contribution in [0.5, 0.6) is 0 Å². The van der Waals surface area contributed by atoms with Crippen molar-refractivity contribution in [1.29, 1.82) is 0 Å². The first kappa shape index (κ1) is 23.3. The van der Waals surface area contributed by atoms with Crippen LogP contribution in [0.2, 0.25) is 0 Å². The summed E-state index contributed by atoms with van der Waals surface area (Å²) in [5.74, 6) is -2.44. The van der Waals surface area contributed by atoms with Crippen molar-refractivity contribution in [3.8, 4) is 5.82 Å². The van der Waals surface area contributed by atoms with Gasteiger partial charge in [-0.15, -0.1) is 5.10 Å². The number of fused-ring (bicyclic) bond motifs is 5. The smallest absolute Gasteiger partial charge is 0.242 e. The lowest BCUT2D eigenvalue weighted by Gasteiger charge is -2.55. The summed E-state index contributed by atoms with van der Waals surface area (Å²) in [5.41, 5.74) is -1.13. The maximum Gasteiger partial charge on any atom is 0.242 e. The van der Waals surface area contributed by atoms with Crippen LogP contribution >= 0.6 is 0 Å². The van der Waals surface area contributed by atoms with Gasteiger partial charge in [0, 0.05) is 25.7 Å². The quantitative estimate of drug-likeness (QED) is 0.384. The van der Waals surface area contributed by atoms with Gasteiger partial charge in [-0.3, -0.25) is 24.5 Å². The molecule has 0 bridgehead atoms. The number of carbonyl (C=O) groups is 4. The standard InChI is InChI=1S/C24H23FN6O6/c1-10-9-30-19-13(8-24(21(30)11(2)36-10)15(33)7-17(34)27-23(24)35)6-14-20(18(19)25)37-29-22(14)31-5-4-16(28-31)26-12(3)32/h4-6,10-11,21H,7-9H2,1-3H3,(H,26,28,32)(H,27,34,35)/t10-,11+,21-,24?/m1/s1. The van der Waals surface area contributed by atoms with Crippen LogP contribution in [-0.4, -0.2) is 63.2 Å². The zero-order chi connectivity index (χ0) is 26.2. The Labute approximate surface area is 209 Å². The van der Waals surface area contributed by atoms with Crippen LogP contribution in [0.3, 0.4) is 0 Å². The fourth-order valence-corrected chi connectivity index (χ4v) is 5.99. The van der Waals surface area contributed by atoms with Gasteiger partial charge in [-0.25, -0.2) is 9.07 Å². The number of hydrogen-bond acceptors (Lipinski definition) is 9. The van der Waals surface area contributed by atoms with E-state index in [9.17, 15) is 19.2 Å². The van der Waals surface area contributed by atoms with E-state index >= 15 is 4.39 Å². The Balaban J connectivity index is 1.54. The number of morpholine rings is 1. The molecular formula is C24H23FN6O6. The number of ether oxygens (including phenoxy) is 1. The van der Waals surface area contributed by atoms with Crippen molar-refractivity contribution in [3.63, 3.8) is 0 Å². The fourth-order valence-electron chi connectivity index (χ4n) is 5.99. The summed E-state index contributed by atoms with van der Waals surface area (Å²) >= 11 is 0. The van der Waals surface area contributed by atoms with Gasteiger partial charge in [0.2, 0.25) is 29.1 Å². The molecule has 0 radical (unpaired) electrons. The van der Waals surface area contributed by atoms with E-state index in [4.69, 9.17) is 9.26 Å². The first-order valence-corrected chi connectivity index (χ1v) is 11.8. The number of hydrogen-bond donors (Lipinski definition) is 2. The first-order valence-electron chi connectivity index (χ1n) is 11.8. The van der Waals surface area contributed by atoms with E-state index in [1.807, 2.05) is 6.92 Å². The van der Waals surface area contributed by atoms with Crippen molar-refractivity contribution in [3.05, 3.63) is 29.7 Å². The number of benzene rings is 1. The molecule has 12 nitrogen and oxygen atoms in total. The Kier molecular flexibility index (Phi) is 4.99. The molecule has 2 saturated heterocycles. The molecular weight excluding hydrogens is 487 g/mol. The van der Waals surface area contributed by atoms with Gasteiger partial charge in [-0.1, -0.05) is 5.16 Å². The molecule has 3 aliphatic heterocycles. The van der Waals surface area contributed by atoms with E-state index < -0.39 is 47.4 Å². The maximum absolute atomic E-state index is 16.2. The molecule has 2 N–H and O–H groups in total. The molecule has 1 spiro atoms. The Bertz CT molecular complexity index is 1490. The second-order valence-corrected chi connectivity index (χ2v) is 9.78. The van der Waals surface area contributed by atoms with Crippen LogP contribution in [0.4, 0.5) is 15.9 Å². The number of rotatable bonds is 2. The first-order chi connectivity index (χ1) is 17.6. The monoisotopic (exact) mass is 510 g/mol. The third-order valence-corrected chi connectivity index (χ3v) is 7.27. The Morgan fingerprint density at radius 2 is 2.08 bits per heavy atom. The summed E-state index contributed by atoms with van der Waals surface area (Å²) in [6, 6.07) is 2.37. The van der Waals surface area contributed by atoms with Gasteiger partial charge in [0.25, 0.3) is 0 Å². The summed E-state index contributed by atoms with van der Waals surface area (Å²) in [6.45, 7) is 5.14. The van der Waals surface area contributed by atoms with Crippen LogP contribution in [0.25, 0.3) is 16.8 Å². The highest BCUT2D eigenvalue weighted by Crippen LogP contribution is 2.50. The SMILES string of the molecule is CC(=O)Nc1ccn(-c2noc3c(F)c4c(cc23)CC2(C(=O)CC(=O)NC2=O)[C@H]2[C@H](C)O[C@H](C)CN42)n1. The lowest BCUT2D eigenvalue weighted by Crippen LogP contribution is -2.72. The van der Waals surface area contributed by atoms with Crippen LogP contribution in [0, 0.1) is 11.2 Å². The minimum atomic E-state index is -1.64. The van der Waals surface area contributed by atoms with Crippen molar-refractivity contribution < 1.29 is 32.8 Å². The van der Waals surface area contributed by atoms with Gasteiger partial charge in [-0.05, 0) is 31.9 Å². The number of halogens is 1.